The van der Waals surface area contributed by atoms with Crippen LogP contribution >= 0.6 is 34.9 Å². The van der Waals surface area contributed by atoms with Crippen molar-refractivity contribution in [2.75, 3.05) is 22.1 Å². The summed E-state index contributed by atoms with van der Waals surface area (Å²) in [5.74, 6) is 0.880. The molecular formula is C21H20N4O3S3. The largest absolute Gasteiger partial charge is 0.325 e. The molecule has 0 radical (unpaired) electrons. The number of hydrogen-bond acceptors (Lipinski definition) is 8. The van der Waals surface area contributed by atoms with Crippen LogP contribution in [-0.4, -0.2) is 39.3 Å². The van der Waals surface area contributed by atoms with E-state index in [9.17, 15) is 14.4 Å². The predicted molar refractivity (Wildman–Crippen MR) is 127 cm³/mol. The zero-order valence-corrected chi connectivity index (χ0v) is 19.1. The molecule has 0 bridgehead atoms. The molecule has 0 fully saturated rings. The third kappa shape index (κ3) is 7.82. The molecule has 0 aliphatic carbocycles. The van der Waals surface area contributed by atoms with Crippen LogP contribution in [-0.2, 0) is 15.3 Å². The van der Waals surface area contributed by atoms with Crippen LogP contribution in [0.25, 0.3) is 0 Å². The average molecular weight is 473 g/mol. The van der Waals surface area contributed by atoms with Crippen LogP contribution in [0.15, 0.2) is 58.9 Å². The summed E-state index contributed by atoms with van der Waals surface area (Å²) < 4.78 is 0.592. The molecular weight excluding hydrogens is 452 g/mol. The van der Waals surface area contributed by atoms with E-state index in [1.165, 1.54) is 47.3 Å². The molecule has 0 atom stereocenters. The first-order chi connectivity index (χ1) is 15.0. The lowest BCUT2D eigenvalue weighted by Gasteiger charge is -2.04. The van der Waals surface area contributed by atoms with Gasteiger partial charge in [0.2, 0.25) is 16.9 Å². The van der Waals surface area contributed by atoms with E-state index in [0.717, 1.165) is 5.75 Å². The maximum Gasteiger partial charge on any atom is 0.236 e. The Balaban J connectivity index is 1.38. The van der Waals surface area contributed by atoms with Crippen LogP contribution in [0, 0.1) is 0 Å². The average Bonchev–Trinajstić information content (AvgIpc) is 3.20. The minimum Gasteiger partial charge on any atom is -0.325 e. The van der Waals surface area contributed by atoms with E-state index in [-0.39, 0.29) is 23.4 Å². The molecule has 0 unspecified atom stereocenters. The van der Waals surface area contributed by atoms with E-state index in [2.05, 4.69) is 20.8 Å². The summed E-state index contributed by atoms with van der Waals surface area (Å²) in [7, 11) is 0. The van der Waals surface area contributed by atoms with E-state index in [4.69, 9.17) is 0 Å². The molecule has 31 heavy (non-hydrogen) atoms. The number of nitrogens with zero attached hydrogens (tertiary/aromatic N) is 2. The highest BCUT2D eigenvalue weighted by molar-refractivity contribution is 8.01. The Bertz CT molecular complexity index is 1040. The van der Waals surface area contributed by atoms with E-state index in [1.54, 1.807) is 24.3 Å². The van der Waals surface area contributed by atoms with Gasteiger partial charge in [0.05, 0.1) is 11.5 Å². The summed E-state index contributed by atoms with van der Waals surface area (Å²) in [4.78, 5) is 35.5. The van der Waals surface area contributed by atoms with Crippen LogP contribution in [0.2, 0.25) is 0 Å². The number of ketones is 1. The first-order valence-corrected chi connectivity index (χ1v) is 12.2. The Morgan fingerprint density at radius 2 is 1.61 bits per heavy atom. The topological polar surface area (TPSA) is 101 Å². The van der Waals surface area contributed by atoms with Crippen molar-refractivity contribution in [1.82, 2.24) is 10.2 Å². The molecule has 10 heteroatoms. The zero-order chi connectivity index (χ0) is 22.1. The summed E-state index contributed by atoms with van der Waals surface area (Å²) >= 11 is 3.99. The summed E-state index contributed by atoms with van der Waals surface area (Å²) in [6.45, 7) is 1.49. The van der Waals surface area contributed by atoms with Crippen LogP contribution in [0.3, 0.4) is 0 Å². The lowest BCUT2D eigenvalue weighted by atomic mass is 10.1. The van der Waals surface area contributed by atoms with Crippen LogP contribution in [0.1, 0.15) is 22.8 Å². The third-order valence-electron chi connectivity index (χ3n) is 3.90. The second-order valence-electron chi connectivity index (χ2n) is 6.37. The quantitative estimate of drug-likeness (QED) is 0.257. The fourth-order valence-corrected chi connectivity index (χ4v) is 4.78. The smallest absolute Gasteiger partial charge is 0.236 e. The number of benzene rings is 2. The number of aromatic nitrogens is 2. The molecule has 0 aliphatic rings. The Labute approximate surface area is 192 Å². The van der Waals surface area contributed by atoms with Crippen LogP contribution in [0.5, 0.6) is 0 Å². The molecule has 3 aromatic rings. The molecule has 160 valence electrons. The number of carbonyl (C=O) groups excluding carboxylic acids is 3. The van der Waals surface area contributed by atoms with Gasteiger partial charge in [-0.2, -0.15) is 0 Å². The van der Waals surface area contributed by atoms with Gasteiger partial charge >= 0.3 is 0 Å². The number of thioether (sulfide) groups is 2. The number of rotatable bonds is 10. The summed E-state index contributed by atoms with van der Waals surface area (Å²) in [6, 6.07) is 16.7. The van der Waals surface area contributed by atoms with Crippen molar-refractivity contribution in [3.05, 3.63) is 65.7 Å². The number of amides is 2. The van der Waals surface area contributed by atoms with Crippen molar-refractivity contribution < 1.29 is 14.4 Å². The SMILES string of the molecule is CC(=O)c1ccc(NC(=O)CSc2nnc(NC(=O)CSCc3ccccc3)s2)cc1. The van der Waals surface area contributed by atoms with Gasteiger partial charge in [0.25, 0.3) is 0 Å². The Kier molecular flexibility index (Phi) is 8.63. The Hall–Kier alpha value is -2.69. The first-order valence-electron chi connectivity index (χ1n) is 9.28. The van der Waals surface area contributed by atoms with Crippen molar-refractivity contribution in [2.45, 2.75) is 17.0 Å². The van der Waals surface area contributed by atoms with Gasteiger partial charge in [-0.25, -0.2) is 0 Å². The number of nitrogens with one attached hydrogen (secondary N) is 2. The van der Waals surface area contributed by atoms with Crippen LogP contribution in [0.4, 0.5) is 10.8 Å². The molecule has 3 rings (SSSR count). The number of Topliss-reactive ketones (excluding diaryl/α,β-unsaturated/α-hetero) is 1. The van der Waals surface area contributed by atoms with Gasteiger partial charge in [-0.3, -0.25) is 19.7 Å². The highest BCUT2D eigenvalue weighted by Crippen LogP contribution is 2.26. The maximum atomic E-state index is 12.1. The van der Waals surface area contributed by atoms with Crippen molar-refractivity contribution in [2.24, 2.45) is 0 Å². The van der Waals surface area contributed by atoms with Gasteiger partial charge in [-0.1, -0.05) is 53.4 Å². The van der Waals surface area contributed by atoms with Crippen molar-refractivity contribution >= 4 is 63.3 Å². The highest BCUT2D eigenvalue weighted by atomic mass is 32.2. The molecule has 2 N–H and O–H groups in total. The summed E-state index contributed by atoms with van der Waals surface area (Å²) in [5, 5.41) is 13.9. The van der Waals surface area contributed by atoms with Crippen molar-refractivity contribution in [3.8, 4) is 0 Å². The van der Waals surface area contributed by atoms with E-state index in [0.29, 0.717) is 26.5 Å². The van der Waals surface area contributed by atoms with Gasteiger partial charge in [0.1, 0.15) is 0 Å². The molecule has 0 aliphatic heterocycles. The van der Waals surface area contributed by atoms with Crippen molar-refractivity contribution in [1.29, 1.82) is 0 Å². The normalized spacial score (nSPS) is 10.5. The Morgan fingerprint density at radius 3 is 2.32 bits per heavy atom. The number of carbonyl (C=O) groups is 3. The molecule has 1 aromatic heterocycles. The third-order valence-corrected chi connectivity index (χ3v) is 6.88. The molecule has 2 amide bonds. The second kappa shape index (κ2) is 11.6. The predicted octanol–water partition coefficient (Wildman–Crippen LogP) is 4.34. The zero-order valence-electron chi connectivity index (χ0n) is 16.7. The maximum absolute atomic E-state index is 12.1. The van der Waals surface area contributed by atoms with Gasteiger partial charge in [0.15, 0.2) is 10.1 Å². The Morgan fingerprint density at radius 1 is 0.903 bits per heavy atom. The molecule has 7 nitrogen and oxygen atoms in total. The number of anilines is 2. The minimum absolute atomic E-state index is 0.0256. The summed E-state index contributed by atoms with van der Waals surface area (Å²) in [6.07, 6.45) is 0. The fourth-order valence-electron chi connectivity index (χ4n) is 2.42. The second-order valence-corrected chi connectivity index (χ2v) is 9.56. The van der Waals surface area contributed by atoms with Gasteiger partial charge < -0.3 is 5.32 Å². The lowest BCUT2D eigenvalue weighted by Crippen LogP contribution is -2.14. The standard InChI is InChI=1S/C21H20N4O3S3/c1-14(26)16-7-9-17(10-8-16)22-19(28)13-30-21-25-24-20(31-21)23-18(27)12-29-11-15-5-3-2-4-6-15/h2-10H,11-13H2,1H3,(H,22,28)(H,23,24,27). The number of hydrogen-bond donors (Lipinski definition) is 2. The molecule has 0 spiro atoms. The van der Waals surface area contributed by atoms with E-state index in [1.807, 2.05) is 30.3 Å². The monoisotopic (exact) mass is 472 g/mol. The molecule has 0 saturated carbocycles. The lowest BCUT2D eigenvalue weighted by molar-refractivity contribution is -0.114. The van der Waals surface area contributed by atoms with Gasteiger partial charge in [0, 0.05) is 17.0 Å². The van der Waals surface area contributed by atoms with E-state index >= 15 is 0 Å². The fraction of sp³-hybridized carbons (Fsp3) is 0.190. The highest BCUT2D eigenvalue weighted by Gasteiger charge is 2.11. The van der Waals surface area contributed by atoms with E-state index < -0.39 is 0 Å². The minimum atomic E-state index is -0.196. The van der Waals surface area contributed by atoms with Gasteiger partial charge in [-0.15, -0.1) is 22.0 Å². The van der Waals surface area contributed by atoms with Crippen molar-refractivity contribution in [3.63, 3.8) is 0 Å². The van der Waals surface area contributed by atoms with Crippen LogP contribution < -0.4 is 10.6 Å². The molecule has 1 heterocycles. The summed E-state index contributed by atoms with van der Waals surface area (Å²) in [5.41, 5.74) is 2.38. The first kappa shape index (κ1) is 23.0. The molecule has 0 saturated heterocycles. The molecule has 2 aromatic carbocycles. The van der Waals surface area contributed by atoms with Gasteiger partial charge in [-0.05, 0) is 36.8 Å².